The number of benzene rings is 4. The number of carbonyl (C=O) groups is 13. The molecule has 9 N–H and O–H groups in total. The molecule has 9 atom stereocenters. The van der Waals surface area contributed by atoms with Crippen molar-refractivity contribution < 1.29 is 86.4 Å². The lowest BCUT2D eigenvalue weighted by Gasteiger charge is -2.31. The lowest BCUT2D eigenvalue weighted by Crippen LogP contribution is -2.55. The zero-order valence-electron chi connectivity index (χ0n) is 65.7. The van der Waals surface area contributed by atoms with Crippen LogP contribution in [0, 0.1) is 11.8 Å². The van der Waals surface area contributed by atoms with Crippen molar-refractivity contribution in [2.75, 3.05) is 54.5 Å². The molecule has 10 amide bonds. The second-order valence-electron chi connectivity index (χ2n) is 29.7. The molecule has 7 unspecified atom stereocenters. The van der Waals surface area contributed by atoms with Gasteiger partial charge in [-0.1, -0.05) is 176 Å². The summed E-state index contributed by atoms with van der Waals surface area (Å²) in [4.78, 5) is 176. The van der Waals surface area contributed by atoms with Crippen LogP contribution >= 0.6 is 0 Å². The molecule has 0 radical (unpaired) electrons. The van der Waals surface area contributed by atoms with Crippen LogP contribution in [0.1, 0.15) is 202 Å². The quantitative estimate of drug-likeness (QED) is 0.0259. The number of nitrogens with zero attached hydrogens (tertiary/aromatic N) is 2. The number of hydrogen-bond donors (Lipinski definition) is 9. The van der Waals surface area contributed by atoms with Gasteiger partial charge in [-0.3, -0.25) is 52.7 Å². The Labute approximate surface area is 657 Å². The molecule has 4 bridgehead atoms. The van der Waals surface area contributed by atoms with Crippen LogP contribution in [0.2, 0.25) is 0 Å². The van der Waals surface area contributed by atoms with Crippen molar-refractivity contribution >= 4 is 76.8 Å². The van der Waals surface area contributed by atoms with Crippen LogP contribution in [0.4, 0.5) is 0 Å². The Morgan fingerprint density at radius 1 is 0.482 bits per heavy atom. The van der Waals surface area contributed by atoms with Gasteiger partial charge in [-0.2, -0.15) is 0 Å². The summed E-state index contributed by atoms with van der Waals surface area (Å²) in [7, 11) is 6.25. The highest BCUT2D eigenvalue weighted by Gasteiger charge is 2.40. The summed E-state index contributed by atoms with van der Waals surface area (Å²) in [5.41, 5.74) is 2.40. The first-order valence-electron chi connectivity index (χ1n) is 39.9. The first-order valence-corrected chi connectivity index (χ1v) is 39.9. The molecule has 2 fully saturated rings. The molecule has 4 aromatic carbocycles. The van der Waals surface area contributed by atoms with Crippen LogP contribution in [0.3, 0.4) is 0 Å². The van der Waals surface area contributed by atoms with E-state index in [4.69, 9.17) is 18.9 Å². The second kappa shape index (κ2) is 47.2. The van der Waals surface area contributed by atoms with Gasteiger partial charge in [0.15, 0.2) is 18.3 Å². The van der Waals surface area contributed by atoms with Crippen LogP contribution in [-0.4, -0.2) is 189 Å². The topological polar surface area (TPSA) is 382 Å². The van der Waals surface area contributed by atoms with Gasteiger partial charge in [-0.05, 0) is 123 Å². The summed E-state index contributed by atoms with van der Waals surface area (Å²) >= 11 is 0. The molecule has 0 spiro atoms. The van der Waals surface area contributed by atoms with E-state index < -0.39 is 121 Å². The highest BCUT2D eigenvalue weighted by Crippen LogP contribution is 2.31. The van der Waals surface area contributed by atoms with Crippen LogP contribution < -0.4 is 52.0 Å². The van der Waals surface area contributed by atoms with Gasteiger partial charge >= 0.3 is 11.9 Å². The van der Waals surface area contributed by atoms with E-state index in [-0.39, 0.29) is 74.0 Å². The average Bonchev–Trinajstić information content (AvgIpc) is 0.924. The van der Waals surface area contributed by atoms with E-state index in [0.717, 1.165) is 103 Å². The zero-order valence-corrected chi connectivity index (χ0v) is 65.7. The molecule has 2 aliphatic carbocycles. The van der Waals surface area contributed by atoms with E-state index in [1.54, 1.807) is 138 Å². The fourth-order valence-electron chi connectivity index (χ4n) is 14.2. The number of Topliss-reactive ketones (excluding diaryl/α,β-unsaturated/α-hetero) is 1. The number of aliphatic hydroxyl groups excluding tert-OH is 1. The fourth-order valence-corrected chi connectivity index (χ4v) is 14.2. The van der Waals surface area contributed by atoms with Gasteiger partial charge in [-0.15, -0.1) is 0 Å². The number of esters is 2. The number of amides is 10. The molecule has 112 heavy (non-hydrogen) atoms. The fraction of sp³-hybridized carbons (Fsp3) is 0.560. The monoisotopic (exact) mass is 1550 g/mol. The van der Waals surface area contributed by atoms with E-state index in [1.165, 1.54) is 9.80 Å². The molecule has 2 saturated carbocycles. The predicted molar refractivity (Wildman–Crippen MR) is 417 cm³/mol. The van der Waals surface area contributed by atoms with Gasteiger partial charge < -0.3 is 76.4 Å². The molecule has 8 rings (SSSR count). The first kappa shape index (κ1) is 89.0. The minimum Gasteiger partial charge on any atom is -0.494 e. The Balaban J connectivity index is 0.000000311. The molecule has 28 heteroatoms. The Hall–Kier alpha value is -10.3. The summed E-state index contributed by atoms with van der Waals surface area (Å²) in [6.07, 6.45) is 12.1. The molecule has 0 aromatic heterocycles. The van der Waals surface area contributed by atoms with Gasteiger partial charge in [0.2, 0.25) is 41.2 Å². The number of cyclic esters (lactones) is 2. The number of aliphatic hydroxyl groups is 1. The van der Waals surface area contributed by atoms with Crippen molar-refractivity contribution in [1.82, 2.24) is 52.3 Å². The lowest BCUT2D eigenvalue weighted by atomic mass is 9.83. The summed E-state index contributed by atoms with van der Waals surface area (Å²) in [6.45, 7) is 3.42. The van der Waals surface area contributed by atoms with Crippen LogP contribution in [0.5, 0.6) is 11.5 Å². The molecule has 28 nitrogen and oxygen atoms in total. The second-order valence-corrected chi connectivity index (χ2v) is 29.7. The van der Waals surface area contributed by atoms with Gasteiger partial charge in [0, 0.05) is 53.9 Å². The van der Waals surface area contributed by atoms with Crippen molar-refractivity contribution in [3.8, 4) is 11.5 Å². The molecule has 4 aliphatic rings. The third-order valence-corrected chi connectivity index (χ3v) is 20.4. The Morgan fingerprint density at radius 3 is 1.32 bits per heavy atom. The SMILES string of the molecule is CCCC(NC(=O)C1Cc2cccc(c2)OCCCCCCC(=O)NC(C2CCCCC2)C(=O)O1)C(=O)C(=O)NCC(=O)N[C@H](C(=O)N(C)C)c1ccccc1.CCCC(NC(=O)C1Cc2cccc(c2)OCCCCCCC(=O)NC(C2CCCCC2)C(=O)O1)C(O)C(=O)NCC(=O)N[C@H](C(=O)N(C)C)c1ccccc1. The zero-order chi connectivity index (χ0) is 80.9. The number of hydrogen-bond acceptors (Lipinski definition) is 18. The summed E-state index contributed by atoms with van der Waals surface area (Å²) in [6, 6.07) is 25.3. The van der Waals surface area contributed by atoms with Gasteiger partial charge in [0.25, 0.3) is 23.6 Å². The highest BCUT2D eigenvalue weighted by molar-refractivity contribution is 6.38. The van der Waals surface area contributed by atoms with Crippen molar-refractivity contribution in [2.24, 2.45) is 11.8 Å². The lowest BCUT2D eigenvalue weighted by molar-refractivity contribution is -0.161. The largest absolute Gasteiger partial charge is 0.494 e. The Kier molecular flexibility index (Phi) is 37.5. The Morgan fingerprint density at radius 2 is 0.893 bits per heavy atom. The van der Waals surface area contributed by atoms with E-state index in [9.17, 15) is 67.4 Å². The van der Waals surface area contributed by atoms with E-state index in [0.29, 0.717) is 72.6 Å². The van der Waals surface area contributed by atoms with Gasteiger partial charge in [-0.25, -0.2) is 9.59 Å². The molecular weight excluding hydrogens is 1440 g/mol. The number of fused-ring (bicyclic) bond motifs is 4. The standard InChI is InChI=1S/C42H59N5O9.C42H57N5O9/c2*1-4-16-32(38(50)40(52)43-27-35(49)46-36(41(53)47(2)3)29-18-9-7-10-19-29)44-39(51)33-26-28-17-15-22-31(25-28)55-24-14-6-5-13-23-34(48)45-37(42(54)56-33)30-20-11-8-12-21-30/h7,9-10,15,17-19,22,25,30,32-33,36-38,50H,4-6,8,11-14,16,20-21,23-24,26-27H2,1-3H3,(H,43,52)(H,44,51)(H,45,48)(H,46,49);7,9-10,15,17-19,22,25,30,32-33,36-37H,4-6,8,11-14,16,20-21,23-24,26-27H2,1-3H3,(H,43,52)(H,44,51)(H,45,48)(H,46,49)/t32?,33?,36-,37?,38?;32?,33?,36-,37?/m00/s1. The summed E-state index contributed by atoms with van der Waals surface area (Å²) < 4.78 is 23.8. The number of ether oxygens (including phenoxy) is 4. The van der Waals surface area contributed by atoms with E-state index in [1.807, 2.05) is 13.0 Å². The highest BCUT2D eigenvalue weighted by atomic mass is 16.6. The third-order valence-electron chi connectivity index (χ3n) is 20.4. The van der Waals surface area contributed by atoms with Gasteiger partial charge in [0.1, 0.15) is 35.7 Å². The predicted octanol–water partition coefficient (Wildman–Crippen LogP) is 6.72. The van der Waals surface area contributed by atoms with Crippen molar-refractivity contribution in [3.63, 3.8) is 0 Å². The number of ketones is 1. The molecule has 0 saturated heterocycles. The van der Waals surface area contributed by atoms with E-state index in [2.05, 4.69) is 42.5 Å². The number of carbonyl (C=O) groups excluding carboxylic acids is 13. The Bertz CT molecular complexity index is 3760. The van der Waals surface area contributed by atoms with Crippen LogP contribution in [0.15, 0.2) is 109 Å². The molecule has 2 aliphatic heterocycles. The molecular formula is C84H116N10O18. The normalized spacial score (nSPS) is 20.0. The van der Waals surface area contributed by atoms with Crippen molar-refractivity contribution in [3.05, 3.63) is 131 Å². The molecule has 610 valence electrons. The maximum atomic E-state index is 14.1. The van der Waals surface area contributed by atoms with Crippen molar-refractivity contribution in [2.45, 2.75) is 235 Å². The number of rotatable bonds is 24. The molecule has 2 heterocycles. The smallest absolute Gasteiger partial charge is 0.329 e. The number of nitrogens with one attached hydrogen (secondary N) is 8. The molecule has 4 aromatic rings. The maximum absolute atomic E-state index is 14.1. The number of likely N-dealkylation sites (N-methyl/N-ethyl adjacent to an activating group) is 2. The minimum absolute atomic E-state index is 0.0321. The summed E-state index contributed by atoms with van der Waals surface area (Å²) in [5, 5.41) is 32.4. The van der Waals surface area contributed by atoms with Gasteiger partial charge in [0.05, 0.1) is 38.4 Å². The third kappa shape index (κ3) is 29.4. The van der Waals surface area contributed by atoms with Crippen LogP contribution in [0.25, 0.3) is 0 Å². The average molecular weight is 1550 g/mol. The van der Waals surface area contributed by atoms with Crippen LogP contribution in [-0.2, 0) is 84.6 Å². The van der Waals surface area contributed by atoms with Crippen molar-refractivity contribution in [1.29, 1.82) is 0 Å². The first-order chi connectivity index (χ1) is 53.9. The maximum Gasteiger partial charge on any atom is 0.329 e. The minimum atomic E-state index is -1.77. The summed E-state index contributed by atoms with van der Waals surface area (Å²) in [5.74, 6) is -7.66. The van der Waals surface area contributed by atoms with E-state index >= 15 is 0 Å².